The van der Waals surface area contributed by atoms with Gasteiger partial charge in [-0.05, 0) is 29.8 Å². The molecule has 5 heteroatoms. The molecule has 3 aromatic rings. The van der Waals surface area contributed by atoms with Crippen LogP contribution >= 0.6 is 0 Å². The summed E-state index contributed by atoms with van der Waals surface area (Å²) in [5.74, 6) is -0.117. The number of aromatic amines is 1. The first kappa shape index (κ1) is 12.9. The number of rotatable bonds is 2. The SMILES string of the molecule is Nc1ccc2c(c1)C(c1c(CO)[nH]c3ccccc13)NC2=O. The number of fused-ring (bicyclic) bond motifs is 2. The molecular weight excluding hydrogens is 278 g/mol. The van der Waals surface area contributed by atoms with E-state index >= 15 is 0 Å². The molecule has 2 heterocycles. The van der Waals surface area contributed by atoms with E-state index in [-0.39, 0.29) is 18.6 Å². The Kier molecular flexibility index (Phi) is 2.71. The van der Waals surface area contributed by atoms with Crippen molar-refractivity contribution in [3.05, 3.63) is 64.8 Å². The number of anilines is 1. The molecule has 110 valence electrons. The lowest BCUT2D eigenvalue weighted by molar-refractivity contribution is 0.0960. The molecule has 0 fully saturated rings. The molecule has 0 radical (unpaired) electrons. The fraction of sp³-hybridized carbons (Fsp3) is 0.118. The topological polar surface area (TPSA) is 91.1 Å². The third-order valence-electron chi connectivity index (χ3n) is 4.18. The van der Waals surface area contributed by atoms with Crippen molar-refractivity contribution in [3.63, 3.8) is 0 Å². The first-order valence-corrected chi connectivity index (χ1v) is 7.09. The molecule has 1 aliphatic heterocycles. The number of benzene rings is 2. The average Bonchev–Trinajstić information content (AvgIpc) is 3.04. The summed E-state index contributed by atoms with van der Waals surface area (Å²) in [6.45, 7) is -0.117. The highest BCUT2D eigenvalue weighted by atomic mass is 16.3. The van der Waals surface area contributed by atoms with Crippen LogP contribution < -0.4 is 11.1 Å². The number of hydrogen-bond donors (Lipinski definition) is 4. The Bertz CT molecular complexity index is 898. The first-order chi connectivity index (χ1) is 10.7. The summed E-state index contributed by atoms with van der Waals surface area (Å²) in [4.78, 5) is 15.4. The molecule has 1 aromatic heterocycles. The third kappa shape index (κ3) is 1.72. The Balaban J connectivity index is 1.98. The van der Waals surface area contributed by atoms with Crippen LogP contribution in [0.3, 0.4) is 0 Å². The smallest absolute Gasteiger partial charge is 0.252 e. The molecule has 0 aliphatic carbocycles. The molecule has 0 saturated heterocycles. The largest absolute Gasteiger partial charge is 0.399 e. The number of nitrogen functional groups attached to an aromatic ring is 1. The second-order valence-corrected chi connectivity index (χ2v) is 5.47. The molecule has 5 nitrogen and oxygen atoms in total. The lowest BCUT2D eigenvalue weighted by Crippen LogP contribution is -2.20. The van der Waals surface area contributed by atoms with E-state index in [0.717, 1.165) is 22.0 Å². The number of amides is 1. The summed E-state index contributed by atoms with van der Waals surface area (Å²) in [5, 5.41) is 13.7. The van der Waals surface area contributed by atoms with Gasteiger partial charge in [-0.15, -0.1) is 0 Å². The quantitative estimate of drug-likeness (QED) is 0.545. The summed E-state index contributed by atoms with van der Waals surface area (Å²) in [6, 6.07) is 12.8. The van der Waals surface area contributed by atoms with Crippen molar-refractivity contribution < 1.29 is 9.90 Å². The maximum Gasteiger partial charge on any atom is 0.252 e. The first-order valence-electron chi connectivity index (χ1n) is 7.09. The Morgan fingerprint density at radius 3 is 2.82 bits per heavy atom. The molecule has 4 rings (SSSR count). The molecule has 1 amide bonds. The van der Waals surface area contributed by atoms with Crippen molar-refractivity contribution in [2.24, 2.45) is 0 Å². The zero-order valence-electron chi connectivity index (χ0n) is 11.8. The number of nitrogens with two attached hydrogens (primary N) is 1. The zero-order valence-corrected chi connectivity index (χ0v) is 11.8. The third-order valence-corrected chi connectivity index (χ3v) is 4.18. The van der Waals surface area contributed by atoms with Gasteiger partial charge < -0.3 is 21.1 Å². The Morgan fingerprint density at radius 2 is 2.00 bits per heavy atom. The van der Waals surface area contributed by atoms with Gasteiger partial charge in [0.15, 0.2) is 0 Å². The minimum absolute atomic E-state index is 0.117. The van der Waals surface area contributed by atoms with Gasteiger partial charge in [-0.3, -0.25) is 4.79 Å². The fourth-order valence-electron chi connectivity index (χ4n) is 3.21. The Labute approximate surface area is 126 Å². The van der Waals surface area contributed by atoms with E-state index in [9.17, 15) is 9.90 Å². The predicted octanol–water partition coefficient (Wildman–Crippen LogP) is 2.08. The number of carbonyl (C=O) groups excluding carboxylic acids is 1. The zero-order chi connectivity index (χ0) is 15.3. The second kappa shape index (κ2) is 4.61. The standard InChI is InChI=1S/C17H15N3O2/c18-9-5-6-10-12(7-9)16(20-17(10)22)15-11-3-1-2-4-13(11)19-14(15)8-21/h1-7,16,19,21H,8,18H2,(H,20,22). The monoisotopic (exact) mass is 293 g/mol. The maximum absolute atomic E-state index is 12.2. The van der Waals surface area contributed by atoms with Gasteiger partial charge in [0.25, 0.3) is 5.91 Å². The summed E-state index contributed by atoms with van der Waals surface area (Å²) < 4.78 is 0. The van der Waals surface area contributed by atoms with Gasteiger partial charge >= 0.3 is 0 Å². The van der Waals surface area contributed by atoms with Gasteiger partial charge in [-0.2, -0.15) is 0 Å². The molecule has 5 N–H and O–H groups in total. The minimum Gasteiger partial charge on any atom is -0.399 e. The average molecular weight is 293 g/mol. The van der Waals surface area contributed by atoms with Crippen LogP contribution in [0.4, 0.5) is 5.69 Å². The van der Waals surface area contributed by atoms with E-state index in [0.29, 0.717) is 16.9 Å². The summed E-state index contributed by atoms with van der Waals surface area (Å²) >= 11 is 0. The highest BCUT2D eigenvalue weighted by Crippen LogP contribution is 2.37. The summed E-state index contributed by atoms with van der Waals surface area (Å²) in [6.07, 6.45) is 0. The fourth-order valence-corrected chi connectivity index (χ4v) is 3.21. The van der Waals surface area contributed by atoms with E-state index in [4.69, 9.17) is 5.73 Å². The Morgan fingerprint density at radius 1 is 1.18 bits per heavy atom. The van der Waals surface area contributed by atoms with Crippen molar-refractivity contribution in [1.82, 2.24) is 10.3 Å². The normalized spacial score (nSPS) is 16.8. The number of aliphatic hydroxyl groups excluding tert-OH is 1. The second-order valence-electron chi connectivity index (χ2n) is 5.47. The van der Waals surface area contributed by atoms with Crippen LogP contribution in [0, 0.1) is 0 Å². The lowest BCUT2D eigenvalue weighted by atomic mass is 9.95. The lowest BCUT2D eigenvalue weighted by Gasteiger charge is -2.14. The summed E-state index contributed by atoms with van der Waals surface area (Å²) in [7, 11) is 0. The molecule has 0 bridgehead atoms. The van der Waals surface area contributed by atoms with Gasteiger partial charge in [0.05, 0.1) is 12.6 Å². The van der Waals surface area contributed by atoms with Crippen LogP contribution in [0.2, 0.25) is 0 Å². The Hall–Kier alpha value is -2.79. The van der Waals surface area contributed by atoms with Crippen LogP contribution in [-0.2, 0) is 6.61 Å². The number of carbonyl (C=O) groups is 1. The molecule has 1 unspecified atom stereocenters. The number of nitrogens with one attached hydrogen (secondary N) is 2. The van der Waals surface area contributed by atoms with Crippen LogP contribution in [0.5, 0.6) is 0 Å². The number of aliphatic hydroxyl groups is 1. The van der Waals surface area contributed by atoms with E-state index in [1.165, 1.54) is 0 Å². The predicted molar refractivity (Wildman–Crippen MR) is 84.4 cm³/mol. The molecule has 1 atom stereocenters. The molecule has 0 spiro atoms. The van der Waals surface area contributed by atoms with Crippen LogP contribution in [-0.4, -0.2) is 16.0 Å². The highest BCUT2D eigenvalue weighted by molar-refractivity contribution is 6.01. The molecule has 1 aliphatic rings. The van der Waals surface area contributed by atoms with Crippen molar-refractivity contribution in [2.75, 3.05) is 5.73 Å². The van der Waals surface area contributed by atoms with Crippen molar-refractivity contribution in [2.45, 2.75) is 12.6 Å². The van der Waals surface area contributed by atoms with E-state index in [1.807, 2.05) is 30.3 Å². The molecule has 2 aromatic carbocycles. The van der Waals surface area contributed by atoms with Crippen LogP contribution in [0.25, 0.3) is 10.9 Å². The highest BCUT2D eigenvalue weighted by Gasteiger charge is 2.32. The van der Waals surface area contributed by atoms with Crippen LogP contribution in [0.1, 0.15) is 33.2 Å². The molecule has 22 heavy (non-hydrogen) atoms. The number of H-pyrrole nitrogens is 1. The van der Waals surface area contributed by atoms with E-state index in [1.54, 1.807) is 12.1 Å². The van der Waals surface area contributed by atoms with Gasteiger partial charge in [0.1, 0.15) is 0 Å². The summed E-state index contributed by atoms with van der Waals surface area (Å²) in [5.41, 5.74) is 10.5. The van der Waals surface area contributed by atoms with Gasteiger partial charge in [0, 0.05) is 33.4 Å². The molecular formula is C17H15N3O2. The van der Waals surface area contributed by atoms with E-state index in [2.05, 4.69) is 10.3 Å². The molecule has 0 saturated carbocycles. The van der Waals surface area contributed by atoms with Gasteiger partial charge in [0.2, 0.25) is 0 Å². The van der Waals surface area contributed by atoms with E-state index < -0.39 is 0 Å². The number of para-hydroxylation sites is 1. The van der Waals surface area contributed by atoms with Gasteiger partial charge in [-0.1, -0.05) is 18.2 Å². The maximum atomic E-state index is 12.2. The minimum atomic E-state index is -0.302. The van der Waals surface area contributed by atoms with Crippen molar-refractivity contribution >= 4 is 22.5 Å². The van der Waals surface area contributed by atoms with Crippen molar-refractivity contribution in [1.29, 1.82) is 0 Å². The van der Waals surface area contributed by atoms with Gasteiger partial charge in [-0.25, -0.2) is 0 Å². The van der Waals surface area contributed by atoms with Crippen molar-refractivity contribution in [3.8, 4) is 0 Å². The number of hydrogen-bond acceptors (Lipinski definition) is 3. The van der Waals surface area contributed by atoms with Crippen LogP contribution in [0.15, 0.2) is 42.5 Å². The number of aromatic nitrogens is 1.